The fraction of sp³-hybridized carbons (Fsp3) is 0.542. The van der Waals surface area contributed by atoms with Crippen molar-refractivity contribution in [3.8, 4) is 0 Å². The van der Waals surface area contributed by atoms with Gasteiger partial charge in [-0.15, -0.1) is 0 Å². The van der Waals surface area contributed by atoms with E-state index in [1.165, 1.54) is 19.1 Å². The number of amides is 7. The summed E-state index contributed by atoms with van der Waals surface area (Å²) in [7, 11) is -3.15. The fourth-order valence-electron chi connectivity index (χ4n) is 3.75. The lowest BCUT2D eigenvalue weighted by molar-refractivity contribution is -0.138. The Hall–Kier alpha value is -3.68. The summed E-state index contributed by atoms with van der Waals surface area (Å²) < 4.78 is 13.4. The van der Waals surface area contributed by atoms with E-state index in [1.807, 2.05) is 0 Å². The first-order chi connectivity index (χ1) is 19.0. The standard InChI is InChI=1S/C24H36N7O8P/c1-18(32)25-10-3-17-40(39,29-14-12-27-20(34)9-16-31-23(37)7-8-24(31)38)28-13-11-26-19(33)4-2-15-30-21(35)5-6-22(30)36/h5-8H,2-4,9-17H2,1H3,(H,25,32)(H,26,33)(H,27,34)(H2,28,29,39). The molecule has 16 heteroatoms. The SMILES string of the molecule is CC(=O)NCCCP(=O)(NCCNC(=O)CCCN1C(=O)C=CC1=O)NCCNC(=O)CCN1C(=O)C=CC1=O. The van der Waals surface area contributed by atoms with Crippen molar-refractivity contribution in [2.45, 2.75) is 32.6 Å². The molecule has 0 saturated carbocycles. The summed E-state index contributed by atoms with van der Waals surface area (Å²) >= 11 is 0. The lowest BCUT2D eigenvalue weighted by atomic mass is 10.3. The topological polar surface area (TPSA) is 203 Å². The molecule has 1 atom stereocenters. The highest BCUT2D eigenvalue weighted by molar-refractivity contribution is 7.59. The van der Waals surface area contributed by atoms with Crippen molar-refractivity contribution in [2.24, 2.45) is 0 Å². The average molecular weight is 582 g/mol. The normalized spacial score (nSPS) is 16.0. The minimum absolute atomic E-state index is 0.0371. The maximum absolute atomic E-state index is 13.4. The predicted octanol–water partition coefficient (Wildman–Crippen LogP) is -1.86. The number of rotatable bonds is 19. The zero-order chi connectivity index (χ0) is 29.5. The van der Waals surface area contributed by atoms with Crippen molar-refractivity contribution in [3.05, 3.63) is 24.3 Å². The first-order valence-corrected chi connectivity index (χ1v) is 14.8. The van der Waals surface area contributed by atoms with E-state index in [4.69, 9.17) is 0 Å². The summed E-state index contributed by atoms with van der Waals surface area (Å²) in [6.45, 7) is 2.48. The van der Waals surface area contributed by atoms with E-state index in [-0.39, 0.29) is 76.0 Å². The molecular formula is C24H36N7O8P. The molecule has 7 amide bonds. The van der Waals surface area contributed by atoms with Crippen LogP contribution in [-0.4, -0.2) is 103 Å². The molecule has 220 valence electrons. The second-order valence-electron chi connectivity index (χ2n) is 8.99. The second-order valence-corrected chi connectivity index (χ2v) is 11.6. The van der Waals surface area contributed by atoms with Gasteiger partial charge in [-0.1, -0.05) is 0 Å². The minimum Gasteiger partial charge on any atom is -0.356 e. The van der Waals surface area contributed by atoms with Crippen LogP contribution in [0.2, 0.25) is 0 Å². The Morgan fingerprint density at radius 2 is 1.12 bits per heavy atom. The van der Waals surface area contributed by atoms with Gasteiger partial charge >= 0.3 is 0 Å². The number of imide groups is 2. The molecular weight excluding hydrogens is 545 g/mol. The second kappa shape index (κ2) is 16.4. The van der Waals surface area contributed by atoms with E-state index in [0.29, 0.717) is 19.4 Å². The highest BCUT2D eigenvalue weighted by atomic mass is 31.2. The van der Waals surface area contributed by atoms with Gasteiger partial charge in [0.25, 0.3) is 23.6 Å². The maximum atomic E-state index is 13.4. The Morgan fingerprint density at radius 3 is 1.62 bits per heavy atom. The van der Waals surface area contributed by atoms with E-state index in [2.05, 4.69) is 26.1 Å². The van der Waals surface area contributed by atoms with Gasteiger partial charge in [0, 0.05) is 96.0 Å². The lowest BCUT2D eigenvalue weighted by Crippen LogP contribution is -2.38. The molecule has 40 heavy (non-hydrogen) atoms. The number of carbonyl (C=O) groups excluding carboxylic acids is 7. The highest BCUT2D eigenvalue weighted by Crippen LogP contribution is 2.35. The van der Waals surface area contributed by atoms with Gasteiger partial charge in [0.05, 0.1) is 0 Å². The van der Waals surface area contributed by atoms with Crippen LogP contribution in [0.3, 0.4) is 0 Å². The van der Waals surface area contributed by atoms with Gasteiger partial charge in [0.1, 0.15) is 0 Å². The summed E-state index contributed by atoms with van der Waals surface area (Å²) in [5.74, 6) is -2.58. The summed E-state index contributed by atoms with van der Waals surface area (Å²) in [4.78, 5) is 83.4. The predicted molar refractivity (Wildman–Crippen MR) is 143 cm³/mol. The van der Waals surface area contributed by atoms with Crippen molar-refractivity contribution in [1.29, 1.82) is 0 Å². The van der Waals surface area contributed by atoms with Crippen LogP contribution in [-0.2, 0) is 38.1 Å². The molecule has 2 aliphatic rings. The van der Waals surface area contributed by atoms with E-state index in [1.54, 1.807) is 0 Å². The molecule has 15 nitrogen and oxygen atoms in total. The van der Waals surface area contributed by atoms with Crippen LogP contribution in [0.15, 0.2) is 24.3 Å². The van der Waals surface area contributed by atoms with Crippen LogP contribution in [0, 0.1) is 0 Å². The molecule has 0 fully saturated rings. The molecule has 0 saturated heterocycles. The first kappa shape index (κ1) is 32.5. The van der Waals surface area contributed by atoms with Crippen LogP contribution in [0.4, 0.5) is 0 Å². The molecule has 5 N–H and O–H groups in total. The minimum atomic E-state index is -3.15. The highest BCUT2D eigenvalue weighted by Gasteiger charge is 2.24. The van der Waals surface area contributed by atoms with Gasteiger partial charge in [-0.25, -0.2) is 0 Å². The number of hydrogen-bond acceptors (Lipinski definition) is 8. The van der Waals surface area contributed by atoms with Crippen molar-refractivity contribution < 1.29 is 38.1 Å². The van der Waals surface area contributed by atoms with Gasteiger partial charge in [-0.2, -0.15) is 0 Å². The molecule has 2 heterocycles. The Balaban J connectivity index is 1.68. The van der Waals surface area contributed by atoms with E-state index < -0.39 is 31.1 Å². The molecule has 0 aromatic rings. The molecule has 0 radical (unpaired) electrons. The van der Waals surface area contributed by atoms with Crippen molar-refractivity contribution in [3.63, 3.8) is 0 Å². The summed E-state index contributed by atoms with van der Waals surface area (Å²) in [5.41, 5.74) is 0. The van der Waals surface area contributed by atoms with Crippen LogP contribution < -0.4 is 26.1 Å². The molecule has 0 aromatic carbocycles. The van der Waals surface area contributed by atoms with Crippen molar-refractivity contribution in [2.75, 3.05) is 52.0 Å². The van der Waals surface area contributed by atoms with E-state index >= 15 is 0 Å². The number of nitrogens with zero attached hydrogens (tertiary/aromatic N) is 2. The van der Waals surface area contributed by atoms with Crippen LogP contribution >= 0.6 is 7.44 Å². The first-order valence-electron chi connectivity index (χ1n) is 12.9. The zero-order valence-corrected chi connectivity index (χ0v) is 23.3. The summed E-state index contributed by atoms with van der Waals surface area (Å²) in [6.07, 6.45) is 5.65. The van der Waals surface area contributed by atoms with Gasteiger partial charge < -0.3 is 16.0 Å². The van der Waals surface area contributed by atoms with Gasteiger partial charge in [-0.05, 0) is 12.8 Å². The Morgan fingerprint density at radius 1 is 0.650 bits per heavy atom. The third-order valence-corrected chi connectivity index (χ3v) is 8.22. The summed E-state index contributed by atoms with van der Waals surface area (Å²) in [6, 6.07) is 0. The van der Waals surface area contributed by atoms with E-state index in [0.717, 1.165) is 22.0 Å². The number of nitrogens with one attached hydrogen (secondary N) is 5. The van der Waals surface area contributed by atoms with Crippen molar-refractivity contribution >= 4 is 48.8 Å². The Bertz CT molecular complexity index is 1070. The molecule has 0 spiro atoms. The summed E-state index contributed by atoms with van der Waals surface area (Å²) in [5, 5.41) is 13.8. The number of carbonyl (C=O) groups is 7. The molecule has 2 rings (SSSR count). The van der Waals surface area contributed by atoms with Crippen LogP contribution in [0.5, 0.6) is 0 Å². The molecule has 2 aliphatic heterocycles. The third-order valence-electron chi connectivity index (χ3n) is 5.80. The fourth-order valence-corrected chi connectivity index (χ4v) is 5.73. The van der Waals surface area contributed by atoms with E-state index in [9.17, 15) is 38.1 Å². The monoisotopic (exact) mass is 581 g/mol. The Labute approximate surface area is 232 Å². The molecule has 0 bridgehead atoms. The molecule has 0 aromatic heterocycles. The third kappa shape index (κ3) is 11.6. The van der Waals surface area contributed by atoms with Crippen molar-refractivity contribution in [1.82, 2.24) is 35.9 Å². The van der Waals surface area contributed by atoms with Crippen LogP contribution in [0.25, 0.3) is 0 Å². The quantitative estimate of drug-likeness (QED) is 0.0654. The number of hydrogen-bond donors (Lipinski definition) is 5. The van der Waals surface area contributed by atoms with Gasteiger partial charge in [0.2, 0.25) is 25.2 Å². The van der Waals surface area contributed by atoms with Crippen LogP contribution in [0.1, 0.15) is 32.6 Å². The largest absolute Gasteiger partial charge is 0.356 e. The molecule has 0 aliphatic carbocycles. The zero-order valence-electron chi connectivity index (χ0n) is 22.4. The Kier molecular flexibility index (Phi) is 13.4. The smallest absolute Gasteiger partial charge is 0.253 e. The van der Waals surface area contributed by atoms with Gasteiger partial charge in [0.15, 0.2) is 0 Å². The lowest BCUT2D eigenvalue weighted by Gasteiger charge is -2.21. The maximum Gasteiger partial charge on any atom is 0.253 e. The average Bonchev–Trinajstić information content (AvgIpc) is 3.40. The van der Waals surface area contributed by atoms with Gasteiger partial charge in [-0.3, -0.25) is 58.1 Å². The molecule has 1 unspecified atom stereocenters.